The molecule has 1 radical (unpaired) electrons. The van der Waals surface area contributed by atoms with Crippen molar-refractivity contribution in [1.29, 1.82) is 0 Å². The van der Waals surface area contributed by atoms with Crippen molar-refractivity contribution in [2.24, 2.45) is 5.73 Å². The lowest BCUT2D eigenvalue weighted by molar-refractivity contribution is 0.348. The topological polar surface area (TPSA) is 35.2 Å². The van der Waals surface area contributed by atoms with E-state index in [0.717, 1.165) is 11.9 Å². The lowest BCUT2D eigenvalue weighted by Crippen LogP contribution is -2.10. The first-order chi connectivity index (χ1) is 6.36. The van der Waals surface area contributed by atoms with Crippen LogP contribution in [0.2, 0.25) is 0 Å². The highest BCUT2D eigenvalue weighted by molar-refractivity contribution is 6.26. The van der Waals surface area contributed by atoms with Crippen molar-refractivity contribution in [3.63, 3.8) is 0 Å². The van der Waals surface area contributed by atoms with Gasteiger partial charge < -0.3 is 10.4 Å². The fourth-order valence-corrected chi connectivity index (χ4v) is 1.07. The molecule has 0 spiro atoms. The SMILES string of the molecule is C=Cc1cccc(C[B]OCN)c1. The molecule has 13 heavy (non-hydrogen) atoms. The lowest BCUT2D eigenvalue weighted by atomic mass is 9.89. The number of rotatable bonds is 5. The first-order valence-corrected chi connectivity index (χ1v) is 4.21. The molecule has 0 aliphatic rings. The minimum atomic E-state index is 0.237. The van der Waals surface area contributed by atoms with Crippen molar-refractivity contribution < 1.29 is 4.65 Å². The average molecular weight is 174 g/mol. The van der Waals surface area contributed by atoms with Crippen molar-refractivity contribution >= 4 is 13.6 Å². The lowest BCUT2D eigenvalue weighted by Gasteiger charge is -2.01. The molecule has 0 heterocycles. The molecule has 1 rings (SSSR count). The quantitative estimate of drug-likeness (QED) is 0.415. The predicted molar refractivity (Wildman–Crippen MR) is 56.1 cm³/mol. The van der Waals surface area contributed by atoms with Crippen LogP contribution < -0.4 is 5.73 Å². The second-order valence-corrected chi connectivity index (χ2v) is 2.65. The molecular formula is C10H13BNO. The zero-order valence-electron chi connectivity index (χ0n) is 7.57. The van der Waals surface area contributed by atoms with E-state index in [1.807, 2.05) is 24.3 Å². The first-order valence-electron chi connectivity index (χ1n) is 4.21. The summed E-state index contributed by atoms with van der Waals surface area (Å²) < 4.78 is 4.94. The molecular weight excluding hydrogens is 161 g/mol. The van der Waals surface area contributed by atoms with Crippen molar-refractivity contribution in [3.8, 4) is 0 Å². The van der Waals surface area contributed by atoms with Gasteiger partial charge in [0.05, 0.1) is 6.73 Å². The number of hydrogen-bond acceptors (Lipinski definition) is 2. The number of hydrogen-bond donors (Lipinski definition) is 1. The molecule has 67 valence electrons. The molecule has 0 atom stereocenters. The molecule has 0 saturated carbocycles. The fourth-order valence-electron chi connectivity index (χ4n) is 1.07. The maximum absolute atomic E-state index is 5.18. The van der Waals surface area contributed by atoms with Crippen LogP contribution in [0.3, 0.4) is 0 Å². The smallest absolute Gasteiger partial charge is 0.298 e. The number of nitrogens with two attached hydrogens (primary N) is 1. The number of benzene rings is 1. The Labute approximate surface area is 79.7 Å². The Morgan fingerprint density at radius 2 is 2.38 bits per heavy atom. The summed E-state index contributed by atoms with van der Waals surface area (Å²) in [6.07, 6.45) is 2.60. The molecule has 0 aliphatic carbocycles. The molecule has 0 unspecified atom stereocenters. The van der Waals surface area contributed by atoms with E-state index in [0.29, 0.717) is 0 Å². The van der Waals surface area contributed by atoms with E-state index in [2.05, 4.69) is 12.6 Å². The molecule has 0 fully saturated rings. The summed E-state index contributed by atoms with van der Waals surface area (Å²) in [4.78, 5) is 0. The highest BCUT2D eigenvalue weighted by Crippen LogP contribution is 2.06. The summed E-state index contributed by atoms with van der Waals surface area (Å²) in [5, 5.41) is 0. The van der Waals surface area contributed by atoms with Gasteiger partial charge in [0.25, 0.3) is 7.48 Å². The van der Waals surface area contributed by atoms with Gasteiger partial charge in [0, 0.05) is 0 Å². The van der Waals surface area contributed by atoms with Crippen LogP contribution >= 0.6 is 0 Å². The molecule has 0 bridgehead atoms. The summed E-state index contributed by atoms with van der Waals surface area (Å²) in [5.41, 5.74) is 7.50. The van der Waals surface area contributed by atoms with E-state index in [-0.39, 0.29) is 6.73 Å². The fraction of sp³-hybridized carbons (Fsp3) is 0.200. The van der Waals surface area contributed by atoms with Crippen LogP contribution in [0.25, 0.3) is 6.08 Å². The molecule has 0 aliphatic heterocycles. The second kappa shape index (κ2) is 5.57. The molecule has 3 heteroatoms. The Morgan fingerprint density at radius 1 is 1.54 bits per heavy atom. The Bertz CT molecular complexity index is 275. The molecule has 2 nitrogen and oxygen atoms in total. The Hall–Kier alpha value is -1.06. The van der Waals surface area contributed by atoms with Crippen LogP contribution in [0.1, 0.15) is 11.1 Å². The molecule has 0 aromatic heterocycles. The van der Waals surface area contributed by atoms with E-state index >= 15 is 0 Å². The Morgan fingerprint density at radius 3 is 3.08 bits per heavy atom. The Kier molecular flexibility index (Phi) is 4.29. The van der Waals surface area contributed by atoms with Crippen LogP contribution in [0.15, 0.2) is 30.8 Å². The van der Waals surface area contributed by atoms with Gasteiger partial charge in [0.1, 0.15) is 0 Å². The largest absolute Gasteiger partial charge is 0.428 e. The van der Waals surface area contributed by atoms with E-state index in [1.54, 1.807) is 7.48 Å². The van der Waals surface area contributed by atoms with Gasteiger partial charge in [0.2, 0.25) is 0 Å². The third kappa shape index (κ3) is 3.44. The van der Waals surface area contributed by atoms with Gasteiger partial charge in [-0.2, -0.15) is 0 Å². The summed E-state index contributed by atoms with van der Waals surface area (Å²) >= 11 is 0. The zero-order valence-corrected chi connectivity index (χ0v) is 7.57. The van der Waals surface area contributed by atoms with Gasteiger partial charge in [-0.05, 0) is 11.9 Å². The van der Waals surface area contributed by atoms with Crippen LogP contribution in [-0.4, -0.2) is 14.2 Å². The average Bonchev–Trinajstić information content (AvgIpc) is 2.19. The second-order valence-electron chi connectivity index (χ2n) is 2.65. The van der Waals surface area contributed by atoms with Gasteiger partial charge >= 0.3 is 0 Å². The van der Waals surface area contributed by atoms with Crippen molar-refractivity contribution in [1.82, 2.24) is 0 Å². The maximum atomic E-state index is 5.18. The molecule has 0 saturated heterocycles. The highest BCUT2D eigenvalue weighted by Gasteiger charge is 1.95. The summed E-state index contributed by atoms with van der Waals surface area (Å²) in [6, 6.07) is 8.13. The molecule has 1 aromatic carbocycles. The van der Waals surface area contributed by atoms with Gasteiger partial charge in [-0.3, -0.25) is 0 Å². The standard InChI is InChI=1S/C10H13BNO/c1-2-9-4-3-5-10(6-9)7-11-13-8-12/h2-6H,1,7-8,12H2. The van der Waals surface area contributed by atoms with Gasteiger partial charge in [-0.1, -0.05) is 42.5 Å². The maximum Gasteiger partial charge on any atom is 0.298 e. The third-order valence-corrected chi connectivity index (χ3v) is 1.72. The minimum absolute atomic E-state index is 0.237. The summed E-state index contributed by atoms with van der Waals surface area (Å²) in [7, 11) is 1.71. The third-order valence-electron chi connectivity index (χ3n) is 1.72. The monoisotopic (exact) mass is 174 g/mol. The van der Waals surface area contributed by atoms with Crippen molar-refractivity contribution in [3.05, 3.63) is 42.0 Å². The van der Waals surface area contributed by atoms with E-state index in [9.17, 15) is 0 Å². The van der Waals surface area contributed by atoms with Crippen molar-refractivity contribution in [2.75, 3.05) is 6.73 Å². The molecule has 1 aromatic rings. The van der Waals surface area contributed by atoms with Crippen LogP contribution in [0, 0.1) is 0 Å². The highest BCUT2D eigenvalue weighted by atomic mass is 16.4. The zero-order chi connectivity index (χ0) is 9.52. The van der Waals surface area contributed by atoms with Crippen LogP contribution in [0.4, 0.5) is 0 Å². The van der Waals surface area contributed by atoms with Gasteiger partial charge in [-0.15, -0.1) is 0 Å². The minimum Gasteiger partial charge on any atom is -0.428 e. The summed E-state index contributed by atoms with van der Waals surface area (Å²) in [5.74, 6) is 0. The van der Waals surface area contributed by atoms with Crippen LogP contribution in [-0.2, 0) is 11.0 Å². The molecule has 0 amide bonds. The normalized spacial score (nSPS) is 9.62. The van der Waals surface area contributed by atoms with E-state index in [1.165, 1.54) is 5.56 Å². The van der Waals surface area contributed by atoms with Gasteiger partial charge in [-0.25, -0.2) is 0 Å². The molecule has 2 N–H and O–H groups in total. The first kappa shape index (κ1) is 10.0. The van der Waals surface area contributed by atoms with Gasteiger partial charge in [0.15, 0.2) is 0 Å². The summed E-state index contributed by atoms with van der Waals surface area (Å²) in [6.45, 7) is 3.94. The van der Waals surface area contributed by atoms with E-state index < -0.39 is 0 Å². The van der Waals surface area contributed by atoms with Crippen LogP contribution in [0.5, 0.6) is 0 Å². The van der Waals surface area contributed by atoms with Crippen molar-refractivity contribution in [2.45, 2.75) is 6.32 Å². The van der Waals surface area contributed by atoms with E-state index in [4.69, 9.17) is 10.4 Å². The predicted octanol–water partition coefficient (Wildman–Crippen LogP) is 1.38. The Balaban J connectivity index is 2.51.